The maximum absolute atomic E-state index is 14.0. The molecule has 4 aromatic carbocycles. The van der Waals surface area contributed by atoms with Gasteiger partial charge in [-0.3, -0.25) is 24.7 Å². The van der Waals surface area contributed by atoms with Crippen LogP contribution < -0.4 is 14.8 Å². The van der Waals surface area contributed by atoms with Gasteiger partial charge in [0, 0.05) is 56.8 Å². The summed E-state index contributed by atoms with van der Waals surface area (Å²) in [6.07, 6.45) is 2.80. The number of nitro groups is 1. The zero-order valence-corrected chi connectivity index (χ0v) is 30.5. The Bertz CT molecular complexity index is 2480. The molecule has 2 heterocycles. The van der Waals surface area contributed by atoms with Crippen molar-refractivity contribution in [2.75, 3.05) is 11.9 Å². The highest BCUT2D eigenvalue weighted by atomic mass is 35.5. The monoisotopic (exact) mass is 751 g/mol. The lowest BCUT2D eigenvalue weighted by Gasteiger charge is -2.11. The van der Waals surface area contributed by atoms with Crippen LogP contribution in [0.1, 0.15) is 49.7 Å². The Kier molecular flexibility index (Phi) is 10.6. The molecular weight excluding hydrogens is 718 g/mol. The summed E-state index contributed by atoms with van der Waals surface area (Å²) in [7, 11) is -4.35. The molecule has 6 aromatic rings. The number of fused-ring (bicyclic) bond motifs is 1. The van der Waals surface area contributed by atoms with Gasteiger partial charge in [-0.2, -0.15) is 0 Å². The van der Waals surface area contributed by atoms with E-state index in [1.807, 2.05) is 68.0 Å². The number of nitrogens with one attached hydrogen (secondary N) is 3. The van der Waals surface area contributed by atoms with E-state index >= 15 is 0 Å². The van der Waals surface area contributed by atoms with Gasteiger partial charge in [0.15, 0.2) is 0 Å². The minimum absolute atomic E-state index is 0.0377. The van der Waals surface area contributed by atoms with Crippen molar-refractivity contribution >= 4 is 55.7 Å². The highest BCUT2D eigenvalue weighted by molar-refractivity contribution is 7.90. The minimum Gasteiger partial charge on any atom is -0.494 e. The van der Waals surface area contributed by atoms with E-state index < -0.39 is 26.8 Å². The van der Waals surface area contributed by atoms with Gasteiger partial charge in [-0.1, -0.05) is 41.9 Å². The zero-order chi connectivity index (χ0) is 37.9. The molecule has 2 aromatic heterocycles. The van der Waals surface area contributed by atoms with Crippen LogP contribution in [-0.4, -0.2) is 41.7 Å². The van der Waals surface area contributed by atoms with Crippen molar-refractivity contribution in [2.24, 2.45) is 0 Å². The Morgan fingerprint density at radius 1 is 0.906 bits per heavy atom. The van der Waals surface area contributed by atoms with E-state index in [-0.39, 0.29) is 21.8 Å². The number of aromatic amines is 1. The van der Waals surface area contributed by atoms with Crippen LogP contribution in [0.3, 0.4) is 0 Å². The van der Waals surface area contributed by atoms with Gasteiger partial charge in [0.2, 0.25) is 0 Å². The molecule has 2 amide bonds. The van der Waals surface area contributed by atoms with Crippen LogP contribution in [0, 0.1) is 30.9 Å². The molecule has 0 fully saturated rings. The molecule has 270 valence electrons. The van der Waals surface area contributed by atoms with E-state index in [4.69, 9.17) is 16.3 Å². The number of nitro benzene ring substituents is 1. The third-order valence-electron chi connectivity index (χ3n) is 8.68. The van der Waals surface area contributed by atoms with Crippen molar-refractivity contribution in [3.63, 3.8) is 0 Å². The minimum atomic E-state index is -4.35. The number of nitrogens with zero attached hydrogens (tertiary/aromatic N) is 2. The number of halogens is 1. The number of pyridine rings is 1. The predicted octanol–water partition coefficient (Wildman–Crippen LogP) is 8.10. The molecule has 6 rings (SSSR count). The van der Waals surface area contributed by atoms with Crippen LogP contribution in [0.2, 0.25) is 5.02 Å². The lowest BCUT2D eigenvalue weighted by molar-refractivity contribution is -0.384. The number of carbonyl (C=O) groups excluding carboxylic acids is 2. The predicted molar refractivity (Wildman–Crippen MR) is 203 cm³/mol. The molecule has 0 radical (unpaired) electrons. The molecular formula is C39H34ClN5O7S. The lowest BCUT2D eigenvalue weighted by Crippen LogP contribution is -2.30. The molecule has 0 unspecified atom stereocenters. The second kappa shape index (κ2) is 15.3. The number of aryl methyl sites for hydroxylation is 4. The fraction of sp³-hybridized carbons (Fsp3) is 0.154. The molecule has 14 heteroatoms. The molecule has 53 heavy (non-hydrogen) atoms. The summed E-state index contributed by atoms with van der Waals surface area (Å²) in [5.74, 6) is -0.709. The number of hydrogen-bond donors (Lipinski definition) is 3. The molecule has 0 atom stereocenters. The molecule has 12 nitrogen and oxygen atoms in total. The first-order valence-corrected chi connectivity index (χ1v) is 18.4. The van der Waals surface area contributed by atoms with Crippen LogP contribution in [0.15, 0.2) is 102 Å². The van der Waals surface area contributed by atoms with E-state index in [2.05, 4.69) is 15.3 Å². The van der Waals surface area contributed by atoms with Gasteiger partial charge in [0.25, 0.3) is 27.5 Å². The first kappa shape index (κ1) is 36.7. The Hall–Kier alpha value is -6.05. The SMILES string of the molecule is Cc1cc(OCCCc2c(C(=O)Nc3cccc(C(=O)NS(=O)(=O)c4ccc([N+](=O)[O-])cc4)c3)[nH]c3c(-c4cccnc4C)cccc23)cc(C)c1Cl. The third kappa shape index (κ3) is 8.06. The fourth-order valence-electron chi connectivity index (χ4n) is 6.07. The quantitative estimate of drug-likeness (QED) is 0.0639. The number of H-pyrrole nitrogens is 1. The molecule has 0 spiro atoms. The number of aromatic nitrogens is 2. The summed E-state index contributed by atoms with van der Waals surface area (Å²) in [4.78, 5) is 44.8. The highest BCUT2D eigenvalue weighted by Gasteiger charge is 2.23. The number of para-hydroxylation sites is 1. The molecule has 0 aliphatic carbocycles. The van der Waals surface area contributed by atoms with Crippen molar-refractivity contribution < 1.29 is 27.7 Å². The third-order valence-corrected chi connectivity index (χ3v) is 10.6. The van der Waals surface area contributed by atoms with Crippen molar-refractivity contribution in [2.45, 2.75) is 38.5 Å². The second-order valence-electron chi connectivity index (χ2n) is 12.4. The van der Waals surface area contributed by atoms with Crippen LogP contribution in [0.4, 0.5) is 11.4 Å². The largest absolute Gasteiger partial charge is 0.494 e. The Balaban J connectivity index is 1.26. The van der Waals surface area contributed by atoms with E-state index in [1.54, 1.807) is 12.3 Å². The van der Waals surface area contributed by atoms with Crippen LogP contribution in [0.25, 0.3) is 22.0 Å². The van der Waals surface area contributed by atoms with Gasteiger partial charge < -0.3 is 15.0 Å². The summed E-state index contributed by atoms with van der Waals surface area (Å²) >= 11 is 6.33. The maximum atomic E-state index is 14.0. The van der Waals surface area contributed by atoms with Crippen molar-refractivity contribution in [3.8, 4) is 16.9 Å². The molecule has 0 bridgehead atoms. The number of hydrogen-bond acceptors (Lipinski definition) is 8. The van der Waals surface area contributed by atoms with E-state index in [0.717, 1.165) is 68.7 Å². The van der Waals surface area contributed by atoms with Gasteiger partial charge in [0.05, 0.1) is 21.9 Å². The van der Waals surface area contributed by atoms with Gasteiger partial charge >= 0.3 is 0 Å². The van der Waals surface area contributed by atoms with Crippen molar-refractivity contribution in [1.29, 1.82) is 0 Å². The Labute approximate surface area is 310 Å². The second-order valence-corrected chi connectivity index (χ2v) is 14.4. The molecule has 0 saturated heterocycles. The van der Waals surface area contributed by atoms with Crippen LogP contribution in [0.5, 0.6) is 5.75 Å². The van der Waals surface area contributed by atoms with Gasteiger partial charge in [-0.15, -0.1) is 0 Å². The van der Waals surface area contributed by atoms with Crippen molar-refractivity contribution in [3.05, 3.63) is 146 Å². The average molecular weight is 752 g/mol. The molecule has 0 saturated carbocycles. The van der Waals surface area contributed by atoms with Crippen LogP contribution in [-0.2, 0) is 16.4 Å². The normalized spacial score (nSPS) is 11.3. The number of sulfonamides is 1. The summed E-state index contributed by atoms with van der Waals surface area (Å²) in [5, 5.41) is 15.4. The number of benzene rings is 4. The van der Waals surface area contributed by atoms with Crippen LogP contribution >= 0.6 is 11.6 Å². The Morgan fingerprint density at radius 2 is 1.60 bits per heavy atom. The Morgan fingerprint density at radius 3 is 2.30 bits per heavy atom. The standard InChI is InChI=1S/C39H34ClN5O7S/c1-23-20-29(21-24(2)35(23)40)52-19-7-13-34-33-11-5-10-32(31-12-6-18-41-25(31)3)36(33)43-37(34)39(47)42-27-9-4-8-26(22-27)38(46)44-53(50,51)30-16-14-28(15-17-30)45(48)49/h4-6,8-12,14-18,20-22,43H,7,13,19H2,1-3H3,(H,42,47)(H,44,46). The van der Waals surface area contributed by atoms with E-state index in [0.29, 0.717) is 35.9 Å². The highest BCUT2D eigenvalue weighted by Crippen LogP contribution is 2.34. The summed E-state index contributed by atoms with van der Waals surface area (Å²) in [6, 6.07) is 23.4. The fourth-order valence-corrected chi connectivity index (χ4v) is 7.15. The first-order valence-electron chi connectivity index (χ1n) is 16.5. The smallest absolute Gasteiger partial charge is 0.272 e. The number of ether oxygens (including phenoxy) is 1. The number of amides is 2. The average Bonchev–Trinajstić information content (AvgIpc) is 3.51. The summed E-state index contributed by atoms with van der Waals surface area (Å²) in [6.45, 7) is 6.15. The number of non-ortho nitro benzene ring substituents is 1. The summed E-state index contributed by atoms with van der Waals surface area (Å²) < 4.78 is 33.8. The van der Waals surface area contributed by atoms with Gasteiger partial charge in [0.1, 0.15) is 11.4 Å². The topological polar surface area (TPSA) is 173 Å². The first-order chi connectivity index (χ1) is 25.3. The molecule has 0 aliphatic heterocycles. The lowest BCUT2D eigenvalue weighted by atomic mass is 9.99. The van der Waals surface area contributed by atoms with E-state index in [9.17, 15) is 28.1 Å². The number of rotatable bonds is 12. The summed E-state index contributed by atoms with van der Waals surface area (Å²) in [5.41, 5.74) is 6.24. The molecule has 3 N–H and O–H groups in total. The van der Waals surface area contributed by atoms with Crippen molar-refractivity contribution in [1.82, 2.24) is 14.7 Å². The maximum Gasteiger partial charge on any atom is 0.272 e. The number of anilines is 1. The number of carbonyl (C=O) groups is 2. The zero-order valence-electron chi connectivity index (χ0n) is 28.9. The van der Waals surface area contributed by atoms with E-state index in [1.165, 1.54) is 18.2 Å². The van der Waals surface area contributed by atoms with Gasteiger partial charge in [-0.05, 0) is 98.8 Å². The van der Waals surface area contributed by atoms with Gasteiger partial charge in [-0.25, -0.2) is 13.1 Å². The molecule has 0 aliphatic rings.